The zero-order valence-electron chi connectivity index (χ0n) is 11.1. The summed E-state index contributed by atoms with van der Waals surface area (Å²) in [6, 6.07) is 0. The molecule has 3 rings (SSSR count). The molecular formula is C16H16FeO3. The van der Waals surface area contributed by atoms with Gasteiger partial charge in [0.05, 0.1) is 12.3 Å². The third-order valence-corrected chi connectivity index (χ3v) is 3.11. The summed E-state index contributed by atoms with van der Waals surface area (Å²) in [5, 5.41) is 0. The maximum absolute atomic E-state index is 11.3. The van der Waals surface area contributed by atoms with Gasteiger partial charge in [0, 0.05) is 29.9 Å². The minimum absolute atomic E-state index is 0. The van der Waals surface area contributed by atoms with E-state index in [9.17, 15) is 9.59 Å². The molecule has 0 unspecified atom stereocenters. The van der Waals surface area contributed by atoms with Crippen molar-refractivity contribution < 1.29 is 31.4 Å². The summed E-state index contributed by atoms with van der Waals surface area (Å²) in [5.74, 6) is -0.566. The number of carbonyl (C=O) groups is 2. The molecule has 0 aromatic heterocycles. The largest absolute Gasteiger partial charge is 0.457 e. The molecule has 0 saturated carbocycles. The van der Waals surface area contributed by atoms with Gasteiger partial charge in [0.2, 0.25) is 0 Å². The monoisotopic (exact) mass is 312 g/mol. The Labute approximate surface area is 129 Å². The van der Waals surface area contributed by atoms with E-state index in [-0.39, 0.29) is 47.3 Å². The molecule has 2 aliphatic carbocycles. The average molecular weight is 312 g/mol. The number of cyclic esters (lactones) is 1. The van der Waals surface area contributed by atoms with Crippen LogP contribution in [0, 0.1) is 18.8 Å². The van der Waals surface area contributed by atoms with Crippen LogP contribution in [-0.2, 0) is 31.4 Å². The quantitative estimate of drug-likeness (QED) is 0.581. The first-order chi connectivity index (χ1) is 9.18. The van der Waals surface area contributed by atoms with E-state index in [2.05, 4.69) is 0 Å². The van der Waals surface area contributed by atoms with Crippen molar-refractivity contribution in [3.8, 4) is 0 Å². The first-order valence-electron chi connectivity index (χ1n) is 6.26. The van der Waals surface area contributed by atoms with Crippen molar-refractivity contribution in [3.63, 3.8) is 0 Å². The Balaban J connectivity index is 0.000000283. The van der Waals surface area contributed by atoms with Crippen LogP contribution in [0.3, 0.4) is 0 Å². The van der Waals surface area contributed by atoms with E-state index >= 15 is 0 Å². The summed E-state index contributed by atoms with van der Waals surface area (Å²) in [7, 11) is 0. The van der Waals surface area contributed by atoms with Crippen molar-refractivity contribution in [1.82, 2.24) is 0 Å². The second kappa shape index (κ2) is 8.03. The molecule has 2 radical (unpaired) electrons. The molecule has 2 atom stereocenters. The maximum atomic E-state index is 11.3. The number of carbonyl (C=O) groups excluding carboxylic acids is 2. The van der Waals surface area contributed by atoms with Gasteiger partial charge in [0.1, 0.15) is 11.9 Å². The summed E-state index contributed by atoms with van der Waals surface area (Å²) >= 11 is 0. The molecule has 0 aromatic rings. The van der Waals surface area contributed by atoms with Crippen molar-refractivity contribution in [2.45, 2.75) is 19.4 Å². The first-order valence-corrected chi connectivity index (χ1v) is 6.26. The van der Waals surface area contributed by atoms with Gasteiger partial charge < -0.3 is 4.74 Å². The Morgan fingerprint density at radius 1 is 1.15 bits per heavy atom. The number of esters is 1. The predicted molar refractivity (Wildman–Crippen MR) is 72.8 cm³/mol. The molecule has 1 aliphatic heterocycles. The Bertz CT molecular complexity index is 476. The molecule has 0 amide bonds. The van der Waals surface area contributed by atoms with Crippen LogP contribution in [-0.4, -0.2) is 17.9 Å². The summed E-state index contributed by atoms with van der Waals surface area (Å²) in [4.78, 5) is 22.4. The van der Waals surface area contributed by atoms with Crippen LogP contribution in [0.4, 0.5) is 0 Å². The average Bonchev–Trinajstić information content (AvgIpc) is 3.13. The summed E-state index contributed by atoms with van der Waals surface area (Å²) in [6.07, 6.45) is 17.3. The third kappa shape index (κ3) is 4.32. The zero-order chi connectivity index (χ0) is 13.7. The number of hydrogen-bond acceptors (Lipinski definition) is 3. The fourth-order valence-electron chi connectivity index (χ4n) is 2.12. The summed E-state index contributed by atoms with van der Waals surface area (Å²) in [6.45, 7) is 1.50. The molecule has 1 fully saturated rings. The molecule has 1 saturated heterocycles. The van der Waals surface area contributed by atoms with E-state index in [1.165, 1.54) is 6.92 Å². The molecule has 4 heteroatoms. The number of Topliss-reactive ketones (excluding diaryl/α,β-unsaturated/α-hetero) is 1. The Morgan fingerprint density at radius 2 is 1.85 bits per heavy atom. The van der Waals surface area contributed by atoms with Gasteiger partial charge in [-0.25, -0.2) is 0 Å². The van der Waals surface area contributed by atoms with Crippen molar-refractivity contribution >= 4 is 11.8 Å². The van der Waals surface area contributed by atoms with Crippen molar-refractivity contribution in [2.24, 2.45) is 5.92 Å². The van der Waals surface area contributed by atoms with Crippen molar-refractivity contribution in [3.05, 3.63) is 60.9 Å². The SMILES string of the molecule is CC(=O)[C@@H]1CC(=O)O[C@H]1C1=C[CH]C=C1.[CH]1C=CC=C1.[Fe]. The molecule has 3 nitrogen and oxygen atoms in total. The van der Waals surface area contributed by atoms with Crippen LogP contribution in [0.2, 0.25) is 0 Å². The molecular weight excluding hydrogens is 296 g/mol. The molecule has 0 N–H and O–H groups in total. The minimum atomic E-state index is -0.366. The molecule has 1 heterocycles. The molecule has 0 spiro atoms. The van der Waals surface area contributed by atoms with Gasteiger partial charge >= 0.3 is 5.97 Å². The van der Waals surface area contributed by atoms with Crippen molar-refractivity contribution in [1.29, 1.82) is 0 Å². The van der Waals surface area contributed by atoms with Gasteiger partial charge in [0.25, 0.3) is 0 Å². The normalized spacial score (nSPS) is 25.6. The number of ether oxygens (including phenoxy) is 1. The standard InChI is InChI=1S/C11H11O3.C5H5.Fe/c1-7(12)9-6-10(13)14-11(9)8-4-2-3-5-8;1-2-4-5-3-1;/h2-5,9,11H,6H2,1H3;1-5H;/t9-,11-;;/m0../s1. The summed E-state index contributed by atoms with van der Waals surface area (Å²) in [5.41, 5.74) is 0.913. The van der Waals surface area contributed by atoms with E-state index in [0.29, 0.717) is 0 Å². The van der Waals surface area contributed by atoms with E-state index in [1.54, 1.807) is 0 Å². The number of ketones is 1. The predicted octanol–water partition coefficient (Wildman–Crippen LogP) is 2.52. The second-order valence-corrected chi connectivity index (χ2v) is 4.51. The van der Waals surface area contributed by atoms with Gasteiger partial charge in [0.15, 0.2) is 0 Å². The molecule has 0 bridgehead atoms. The van der Waals surface area contributed by atoms with E-state index in [4.69, 9.17) is 4.74 Å². The van der Waals surface area contributed by atoms with Gasteiger partial charge in [-0.2, -0.15) is 0 Å². The van der Waals surface area contributed by atoms with Gasteiger partial charge in [-0.1, -0.05) is 42.5 Å². The smallest absolute Gasteiger partial charge is 0.307 e. The fraction of sp³-hybridized carbons (Fsp3) is 0.250. The fourth-order valence-corrected chi connectivity index (χ4v) is 2.12. The number of hydrogen-bond donors (Lipinski definition) is 0. The molecule has 20 heavy (non-hydrogen) atoms. The minimum Gasteiger partial charge on any atom is -0.457 e. The second-order valence-electron chi connectivity index (χ2n) is 4.51. The van der Waals surface area contributed by atoms with Gasteiger partial charge in [-0.15, -0.1) is 0 Å². The molecule has 106 valence electrons. The van der Waals surface area contributed by atoms with Crippen LogP contribution in [0.25, 0.3) is 0 Å². The zero-order valence-corrected chi connectivity index (χ0v) is 12.2. The van der Waals surface area contributed by atoms with Gasteiger partial charge in [-0.3, -0.25) is 9.59 Å². The molecule has 0 aromatic carbocycles. The van der Waals surface area contributed by atoms with E-state index in [1.807, 2.05) is 55.4 Å². The van der Waals surface area contributed by atoms with Crippen molar-refractivity contribution in [2.75, 3.05) is 0 Å². The number of allylic oxidation sites excluding steroid dienone is 6. The van der Waals surface area contributed by atoms with Gasteiger partial charge in [-0.05, 0) is 12.5 Å². The molecule has 3 aliphatic rings. The van der Waals surface area contributed by atoms with E-state index < -0.39 is 0 Å². The van der Waals surface area contributed by atoms with E-state index in [0.717, 1.165) is 5.57 Å². The van der Waals surface area contributed by atoms with Crippen LogP contribution < -0.4 is 0 Å². The topological polar surface area (TPSA) is 43.4 Å². The van der Waals surface area contributed by atoms with Crippen LogP contribution in [0.5, 0.6) is 0 Å². The van der Waals surface area contributed by atoms with Crippen LogP contribution in [0.15, 0.2) is 48.1 Å². The van der Waals surface area contributed by atoms with Crippen LogP contribution >= 0.6 is 0 Å². The number of rotatable bonds is 2. The summed E-state index contributed by atoms with van der Waals surface area (Å²) < 4.78 is 5.12. The Hall–Kier alpha value is -1.38. The maximum Gasteiger partial charge on any atom is 0.307 e. The third-order valence-electron chi connectivity index (χ3n) is 3.11. The first kappa shape index (κ1) is 16.7. The van der Waals surface area contributed by atoms with Crippen LogP contribution in [0.1, 0.15) is 13.3 Å². The Morgan fingerprint density at radius 3 is 2.30 bits per heavy atom. The Kier molecular flexibility index (Phi) is 6.69.